The zero-order valence-corrected chi connectivity index (χ0v) is 23.0. The third-order valence-corrected chi connectivity index (χ3v) is 5.97. The van der Waals surface area contributed by atoms with Gasteiger partial charge in [0.15, 0.2) is 5.78 Å². The maximum Gasteiger partial charge on any atom is 0.412 e. The van der Waals surface area contributed by atoms with Crippen molar-refractivity contribution in [2.45, 2.75) is 79.1 Å². The Hall–Kier alpha value is -3.30. The minimum Gasteiger partial charge on any atom is -0.496 e. The van der Waals surface area contributed by atoms with Crippen molar-refractivity contribution in [3.8, 4) is 5.75 Å². The lowest BCUT2D eigenvalue weighted by Gasteiger charge is -2.32. The van der Waals surface area contributed by atoms with E-state index in [-0.39, 0.29) is 24.7 Å². The van der Waals surface area contributed by atoms with Gasteiger partial charge in [-0.25, -0.2) is 9.59 Å². The van der Waals surface area contributed by atoms with Gasteiger partial charge in [-0.05, 0) is 76.6 Å². The Morgan fingerprint density at radius 3 is 2.49 bits per heavy atom. The summed E-state index contributed by atoms with van der Waals surface area (Å²) in [6.07, 6.45) is -0.540. The first kappa shape index (κ1) is 29.9. The van der Waals surface area contributed by atoms with Crippen LogP contribution in [0.4, 0.5) is 9.59 Å². The van der Waals surface area contributed by atoms with Gasteiger partial charge in [-0.3, -0.25) is 9.59 Å². The van der Waals surface area contributed by atoms with Crippen LogP contribution in [0.5, 0.6) is 5.75 Å². The average molecular weight is 521 g/mol. The van der Waals surface area contributed by atoms with Crippen molar-refractivity contribution >= 4 is 23.9 Å². The Labute approximate surface area is 218 Å². The molecule has 2 unspecified atom stereocenters. The highest BCUT2D eigenvalue weighted by Crippen LogP contribution is 2.27. The first-order valence-electron chi connectivity index (χ1n) is 12.6. The number of esters is 1. The number of benzene rings is 1. The molecule has 2 rings (SSSR count). The highest BCUT2D eigenvalue weighted by molar-refractivity contribution is 5.97. The van der Waals surface area contributed by atoms with Crippen LogP contribution in [-0.2, 0) is 19.0 Å². The number of amides is 2. The predicted octanol–water partition coefficient (Wildman–Crippen LogP) is 4.54. The molecular weight excluding hydrogens is 480 g/mol. The number of methoxy groups -OCH3 is 1. The third kappa shape index (κ3) is 9.93. The molecule has 1 heterocycles. The van der Waals surface area contributed by atoms with Gasteiger partial charge >= 0.3 is 18.2 Å². The Kier molecular flexibility index (Phi) is 10.8. The molecule has 1 aliphatic rings. The summed E-state index contributed by atoms with van der Waals surface area (Å²) in [5, 5.41) is 2.47. The quantitative estimate of drug-likeness (QED) is 0.286. The molecule has 1 N–H and O–H groups in total. The summed E-state index contributed by atoms with van der Waals surface area (Å²) >= 11 is 0. The summed E-state index contributed by atoms with van der Waals surface area (Å²) in [5.74, 6) is 0.0609. The van der Waals surface area contributed by atoms with Crippen LogP contribution in [0.15, 0.2) is 12.1 Å². The number of nitrogens with zero attached hydrogens (tertiary/aromatic N) is 1. The van der Waals surface area contributed by atoms with Crippen LogP contribution in [0.25, 0.3) is 0 Å². The van der Waals surface area contributed by atoms with Crippen LogP contribution in [0.3, 0.4) is 0 Å². The van der Waals surface area contributed by atoms with Gasteiger partial charge in [0.2, 0.25) is 6.29 Å². The van der Waals surface area contributed by atoms with Crippen molar-refractivity contribution in [3.05, 3.63) is 28.8 Å². The third-order valence-electron chi connectivity index (χ3n) is 5.97. The zero-order valence-electron chi connectivity index (χ0n) is 23.0. The molecule has 1 aliphatic heterocycles. The number of piperidine rings is 1. The van der Waals surface area contributed by atoms with Gasteiger partial charge in [0.25, 0.3) is 0 Å². The molecule has 1 fully saturated rings. The van der Waals surface area contributed by atoms with E-state index in [2.05, 4.69) is 5.32 Å². The fourth-order valence-corrected chi connectivity index (χ4v) is 4.04. The Morgan fingerprint density at radius 1 is 1.14 bits per heavy atom. The fourth-order valence-electron chi connectivity index (χ4n) is 4.04. The average Bonchev–Trinajstić information content (AvgIpc) is 2.79. The van der Waals surface area contributed by atoms with Crippen molar-refractivity contribution in [3.63, 3.8) is 0 Å². The number of hydrogen-bond acceptors (Lipinski definition) is 8. The topological polar surface area (TPSA) is 120 Å². The molecule has 0 saturated carbocycles. The molecule has 0 aliphatic carbocycles. The van der Waals surface area contributed by atoms with E-state index in [1.54, 1.807) is 33.9 Å². The van der Waals surface area contributed by atoms with Gasteiger partial charge in [-0.2, -0.15) is 0 Å². The number of nitrogens with one attached hydrogen (secondary N) is 1. The van der Waals surface area contributed by atoms with E-state index in [1.807, 2.05) is 19.9 Å². The Bertz CT molecular complexity index is 985. The highest BCUT2D eigenvalue weighted by atomic mass is 16.7. The molecule has 10 heteroatoms. The number of carbonyl (C=O) groups excluding carboxylic acids is 4. The standard InChI is InChI=1S/C27H40N2O8/c1-17-13-21(15-23(34-7)18(17)2)22(30)14-20-9-8-12-29(16-20)26(33)36-19(3)35-24(31)10-11-28-25(32)37-27(4,5)6/h13,15,19-20H,8-12,14,16H2,1-7H3,(H,28,32). The van der Waals surface area contributed by atoms with E-state index in [0.29, 0.717) is 30.8 Å². The van der Waals surface area contributed by atoms with E-state index >= 15 is 0 Å². The molecule has 1 saturated heterocycles. The molecule has 206 valence electrons. The number of carbonyl (C=O) groups is 4. The van der Waals surface area contributed by atoms with Gasteiger partial charge < -0.3 is 29.2 Å². The van der Waals surface area contributed by atoms with Crippen LogP contribution < -0.4 is 10.1 Å². The lowest BCUT2D eigenvalue weighted by atomic mass is 9.90. The number of alkyl carbamates (subject to hydrolysis) is 1. The SMILES string of the molecule is COc1cc(C(=O)CC2CCCN(C(=O)OC(C)OC(=O)CCNC(=O)OC(C)(C)C)C2)cc(C)c1C. The summed E-state index contributed by atoms with van der Waals surface area (Å²) in [6, 6.07) is 3.63. The number of likely N-dealkylation sites (tertiary alicyclic amines) is 1. The molecule has 2 atom stereocenters. The van der Waals surface area contributed by atoms with Gasteiger partial charge in [0.05, 0.1) is 13.5 Å². The van der Waals surface area contributed by atoms with E-state index in [4.69, 9.17) is 18.9 Å². The minimum atomic E-state index is -1.09. The largest absolute Gasteiger partial charge is 0.496 e. The summed E-state index contributed by atoms with van der Waals surface area (Å²) < 4.78 is 20.9. The van der Waals surface area contributed by atoms with Crippen LogP contribution in [0.1, 0.15) is 74.9 Å². The number of aryl methyl sites for hydroxylation is 1. The van der Waals surface area contributed by atoms with E-state index < -0.39 is 30.0 Å². The van der Waals surface area contributed by atoms with Crippen LogP contribution >= 0.6 is 0 Å². The number of Topliss-reactive ketones (excluding diaryl/α,β-unsaturated/α-hetero) is 1. The van der Waals surface area contributed by atoms with Gasteiger partial charge in [0, 0.05) is 38.5 Å². The van der Waals surface area contributed by atoms with E-state index in [1.165, 1.54) is 11.8 Å². The van der Waals surface area contributed by atoms with Gasteiger partial charge in [0.1, 0.15) is 11.4 Å². The molecule has 2 amide bonds. The second-order valence-corrected chi connectivity index (χ2v) is 10.3. The van der Waals surface area contributed by atoms with Crippen molar-refractivity contribution in [2.75, 3.05) is 26.7 Å². The maximum absolute atomic E-state index is 12.9. The molecule has 0 radical (unpaired) electrons. The summed E-state index contributed by atoms with van der Waals surface area (Å²) in [6.45, 7) is 11.5. The Morgan fingerprint density at radius 2 is 1.84 bits per heavy atom. The molecule has 37 heavy (non-hydrogen) atoms. The lowest BCUT2D eigenvalue weighted by molar-refractivity contribution is -0.166. The molecule has 1 aromatic rings. The summed E-state index contributed by atoms with van der Waals surface area (Å²) in [4.78, 5) is 50.7. The summed E-state index contributed by atoms with van der Waals surface area (Å²) in [7, 11) is 1.58. The fraction of sp³-hybridized carbons (Fsp3) is 0.630. The molecule has 0 bridgehead atoms. The second kappa shape index (κ2) is 13.3. The van der Waals surface area contributed by atoms with Crippen molar-refractivity contribution in [1.29, 1.82) is 0 Å². The first-order valence-corrected chi connectivity index (χ1v) is 12.6. The number of hydrogen-bond donors (Lipinski definition) is 1. The van der Waals surface area contributed by atoms with E-state index in [9.17, 15) is 19.2 Å². The predicted molar refractivity (Wildman–Crippen MR) is 137 cm³/mol. The van der Waals surface area contributed by atoms with Crippen LogP contribution in [0, 0.1) is 19.8 Å². The van der Waals surface area contributed by atoms with Gasteiger partial charge in [-0.1, -0.05) is 0 Å². The minimum absolute atomic E-state index is 0.00168. The molecular formula is C27H40N2O8. The summed E-state index contributed by atoms with van der Waals surface area (Å²) in [5.41, 5.74) is 1.95. The maximum atomic E-state index is 12.9. The normalized spacial score (nSPS) is 16.4. The second-order valence-electron chi connectivity index (χ2n) is 10.3. The van der Waals surface area contributed by atoms with Crippen LogP contribution in [0.2, 0.25) is 0 Å². The molecule has 10 nitrogen and oxygen atoms in total. The van der Waals surface area contributed by atoms with Gasteiger partial charge in [-0.15, -0.1) is 0 Å². The zero-order chi connectivity index (χ0) is 27.8. The van der Waals surface area contributed by atoms with E-state index in [0.717, 1.165) is 24.0 Å². The number of ether oxygens (including phenoxy) is 4. The number of ketones is 1. The smallest absolute Gasteiger partial charge is 0.412 e. The Balaban J connectivity index is 1.79. The van der Waals surface area contributed by atoms with Crippen LogP contribution in [-0.4, -0.2) is 67.5 Å². The first-order chi connectivity index (χ1) is 17.3. The number of rotatable bonds is 9. The van der Waals surface area contributed by atoms with Crippen molar-refractivity contribution in [1.82, 2.24) is 10.2 Å². The molecule has 0 spiro atoms. The molecule has 0 aromatic heterocycles. The lowest BCUT2D eigenvalue weighted by Crippen LogP contribution is -2.42. The van der Waals surface area contributed by atoms with Crippen molar-refractivity contribution in [2.24, 2.45) is 5.92 Å². The highest BCUT2D eigenvalue weighted by Gasteiger charge is 2.28. The van der Waals surface area contributed by atoms with Crippen molar-refractivity contribution < 1.29 is 38.1 Å². The molecule has 1 aromatic carbocycles. The monoisotopic (exact) mass is 520 g/mol.